The molecule has 0 atom stereocenters. The number of rotatable bonds is 5. The van der Waals surface area contributed by atoms with Crippen molar-refractivity contribution in [3.8, 4) is 11.1 Å². The number of halogens is 1. The van der Waals surface area contributed by atoms with E-state index < -0.39 is 5.91 Å². The van der Waals surface area contributed by atoms with E-state index in [-0.39, 0.29) is 16.8 Å². The Balaban J connectivity index is 1.28. The molecule has 2 amide bonds. The van der Waals surface area contributed by atoms with E-state index in [1.165, 1.54) is 31.2 Å². The van der Waals surface area contributed by atoms with Crippen molar-refractivity contribution in [2.75, 3.05) is 10.6 Å². The van der Waals surface area contributed by atoms with Gasteiger partial charge in [0.2, 0.25) is 16.9 Å². The second-order valence-electron chi connectivity index (χ2n) is 8.44. The van der Waals surface area contributed by atoms with Crippen LogP contribution in [-0.2, 0) is 20.8 Å². The Morgan fingerprint density at radius 2 is 1.61 bits per heavy atom. The highest BCUT2D eigenvalue weighted by Gasteiger charge is 2.19. The van der Waals surface area contributed by atoms with E-state index in [0.29, 0.717) is 22.7 Å². The van der Waals surface area contributed by atoms with Crippen LogP contribution in [0.2, 0.25) is 0 Å². The Kier molecular flexibility index (Phi) is 6.40. The first kappa shape index (κ1) is 23.5. The highest BCUT2D eigenvalue weighted by Crippen LogP contribution is 2.38. The van der Waals surface area contributed by atoms with Crippen LogP contribution in [0.4, 0.5) is 15.8 Å². The van der Waals surface area contributed by atoms with Gasteiger partial charge in [0.05, 0.1) is 5.69 Å². The summed E-state index contributed by atoms with van der Waals surface area (Å²) in [4.78, 5) is 37.5. The third kappa shape index (κ3) is 4.92. The third-order valence-electron chi connectivity index (χ3n) is 5.87. The Labute approximate surface area is 211 Å². The number of carbonyl (C=O) groups is 3. The monoisotopic (exact) mass is 496 g/mol. The van der Waals surface area contributed by atoms with Gasteiger partial charge in [0.15, 0.2) is 0 Å². The molecule has 4 aromatic carbocycles. The molecule has 1 aliphatic carbocycles. The van der Waals surface area contributed by atoms with Crippen molar-refractivity contribution in [1.29, 1.82) is 0 Å². The molecule has 0 saturated heterocycles. The fourth-order valence-corrected chi connectivity index (χ4v) is 5.22. The summed E-state index contributed by atoms with van der Waals surface area (Å²) in [5.41, 5.74) is 5.08. The molecule has 0 radical (unpaired) electrons. The van der Waals surface area contributed by atoms with E-state index in [9.17, 15) is 18.8 Å². The maximum Gasteiger partial charge on any atom is 0.248 e. The molecule has 0 unspecified atom stereocenters. The van der Waals surface area contributed by atoms with Crippen molar-refractivity contribution in [2.45, 2.75) is 18.2 Å². The number of benzene rings is 4. The smallest absolute Gasteiger partial charge is 0.248 e. The third-order valence-corrected chi connectivity index (χ3v) is 6.86. The zero-order valence-electron chi connectivity index (χ0n) is 19.3. The lowest BCUT2D eigenvalue weighted by molar-refractivity contribution is -0.114. The van der Waals surface area contributed by atoms with Crippen LogP contribution in [0.5, 0.6) is 0 Å². The van der Waals surface area contributed by atoms with E-state index in [1.54, 1.807) is 18.2 Å². The molecule has 0 fully saturated rings. The summed E-state index contributed by atoms with van der Waals surface area (Å²) in [6.07, 6.45) is 3.00. The largest absolute Gasteiger partial charge is 0.325 e. The van der Waals surface area contributed by atoms with Crippen LogP contribution in [-0.4, -0.2) is 16.9 Å². The summed E-state index contributed by atoms with van der Waals surface area (Å²) in [5, 5.41) is 6.96. The molecule has 0 aromatic heterocycles. The first-order valence-corrected chi connectivity index (χ1v) is 12.1. The molecule has 1 aliphatic rings. The zero-order chi connectivity index (χ0) is 25.2. The Morgan fingerprint density at radius 1 is 0.861 bits per heavy atom. The first-order valence-electron chi connectivity index (χ1n) is 11.3. The number of amides is 2. The Hall–Kier alpha value is -4.23. The summed E-state index contributed by atoms with van der Waals surface area (Å²) < 4.78 is 13.6. The van der Waals surface area contributed by atoms with Gasteiger partial charge in [0, 0.05) is 23.6 Å². The van der Waals surface area contributed by atoms with E-state index in [1.807, 2.05) is 42.5 Å². The van der Waals surface area contributed by atoms with Crippen LogP contribution >= 0.6 is 11.8 Å². The molecule has 4 aromatic rings. The maximum absolute atomic E-state index is 13.6. The number of carbonyl (C=O) groups excluding carboxylic acids is 3. The summed E-state index contributed by atoms with van der Waals surface area (Å²) in [7, 11) is 0. The average Bonchev–Trinajstić information content (AvgIpc) is 3.20. The van der Waals surface area contributed by atoms with Crippen molar-refractivity contribution in [2.24, 2.45) is 0 Å². The van der Waals surface area contributed by atoms with Crippen molar-refractivity contribution in [1.82, 2.24) is 0 Å². The maximum atomic E-state index is 13.6. The minimum Gasteiger partial charge on any atom is -0.325 e. The molecule has 2 N–H and O–H groups in total. The second kappa shape index (κ2) is 9.79. The molecule has 7 heteroatoms. The normalized spacial score (nSPS) is 11.8. The van der Waals surface area contributed by atoms with E-state index in [0.717, 1.165) is 44.8 Å². The predicted molar refractivity (Wildman–Crippen MR) is 142 cm³/mol. The van der Waals surface area contributed by atoms with Gasteiger partial charge >= 0.3 is 0 Å². The van der Waals surface area contributed by atoms with Crippen molar-refractivity contribution in [3.63, 3.8) is 0 Å². The molecule has 0 bridgehead atoms. The first-order chi connectivity index (χ1) is 17.4. The quantitative estimate of drug-likeness (QED) is 0.221. The number of nitrogens with one attached hydrogen (secondary N) is 2. The van der Waals surface area contributed by atoms with Gasteiger partial charge < -0.3 is 10.6 Å². The van der Waals surface area contributed by atoms with E-state index >= 15 is 0 Å². The van der Waals surface area contributed by atoms with Crippen molar-refractivity contribution < 1.29 is 18.8 Å². The van der Waals surface area contributed by atoms with Crippen LogP contribution in [0.25, 0.3) is 21.9 Å². The lowest BCUT2D eigenvalue weighted by atomic mass is 10.1. The second-order valence-corrected chi connectivity index (χ2v) is 9.45. The molecule has 0 saturated carbocycles. The zero-order valence-corrected chi connectivity index (χ0v) is 20.1. The molecule has 5 rings (SSSR count). The molecule has 0 spiro atoms. The van der Waals surface area contributed by atoms with Gasteiger partial charge in [-0.25, -0.2) is 4.39 Å². The molecule has 0 heterocycles. The van der Waals surface area contributed by atoms with Gasteiger partial charge in [-0.2, -0.15) is 0 Å². The fourth-order valence-electron chi connectivity index (χ4n) is 4.36. The van der Waals surface area contributed by atoms with Crippen LogP contribution in [0, 0.1) is 5.82 Å². The average molecular weight is 497 g/mol. The fraction of sp³-hybridized carbons (Fsp3) is 0.0690. The minimum atomic E-state index is -0.439. The van der Waals surface area contributed by atoms with Gasteiger partial charge in [-0.3, -0.25) is 14.4 Å². The minimum absolute atomic E-state index is 0.239. The van der Waals surface area contributed by atoms with Gasteiger partial charge in [-0.1, -0.05) is 42.5 Å². The molecule has 36 heavy (non-hydrogen) atoms. The predicted octanol–water partition coefficient (Wildman–Crippen LogP) is 6.32. The van der Waals surface area contributed by atoms with Gasteiger partial charge in [-0.05, 0) is 87.6 Å². The van der Waals surface area contributed by atoms with E-state index in [4.69, 9.17) is 0 Å². The Morgan fingerprint density at radius 3 is 2.42 bits per heavy atom. The molecular weight excluding hydrogens is 475 g/mol. The van der Waals surface area contributed by atoms with Crippen LogP contribution in [0.15, 0.2) is 89.8 Å². The highest BCUT2D eigenvalue weighted by molar-refractivity contribution is 8.14. The molecule has 0 aliphatic heterocycles. The molecule has 5 nitrogen and oxygen atoms in total. The van der Waals surface area contributed by atoms with Crippen molar-refractivity contribution in [3.05, 3.63) is 102 Å². The van der Waals surface area contributed by atoms with Gasteiger partial charge in [0.1, 0.15) is 5.82 Å². The van der Waals surface area contributed by atoms with Gasteiger partial charge in [0.25, 0.3) is 0 Å². The number of hydrogen-bond donors (Lipinski definition) is 2. The lowest BCUT2D eigenvalue weighted by Gasteiger charge is -2.11. The van der Waals surface area contributed by atoms with Crippen LogP contribution in [0.1, 0.15) is 18.1 Å². The van der Waals surface area contributed by atoms with E-state index in [2.05, 4.69) is 10.6 Å². The summed E-state index contributed by atoms with van der Waals surface area (Å²) in [6, 6.07) is 21.5. The molecule has 178 valence electrons. The number of thioether (sulfide) groups is 1. The summed E-state index contributed by atoms with van der Waals surface area (Å²) in [5.74, 6) is -0.946. The lowest BCUT2D eigenvalue weighted by Crippen LogP contribution is -2.09. The molecular formula is C29H21FN2O3S. The summed E-state index contributed by atoms with van der Waals surface area (Å²) >= 11 is 0.949. The topological polar surface area (TPSA) is 75.3 Å². The Bertz CT molecular complexity index is 1580. The summed E-state index contributed by atoms with van der Waals surface area (Å²) in [6.45, 7) is 1.41. The van der Waals surface area contributed by atoms with Gasteiger partial charge in [-0.15, -0.1) is 0 Å². The van der Waals surface area contributed by atoms with Crippen LogP contribution < -0.4 is 10.6 Å². The number of hydrogen-bond acceptors (Lipinski definition) is 4. The van der Waals surface area contributed by atoms with Crippen molar-refractivity contribution >= 4 is 50.8 Å². The number of anilines is 2. The highest BCUT2D eigenvalue weighted by atomic mass is 32.2. The number of fused-ring (bicyclic) bond motifs is 4. The SMILES string of the molecule is CC(=O)Nc1ccc2ccccc2c1SC(=O)C=CC(=O)Nc1ccc2c(c1)Cc1cc(F)ccc1-2. The standard InChI is InChI=1S/C29H21FN2O3S/c1-17(33)31-26-11-6-18-4-2-3-5-25(18)29(26)36-28(35)13-12-27(34)32-22-8-10-24-20(16-22)14-19-15-21(30)7-9-23(19)24/h2-13,15-16H,14H2,1H3,(H,31,33)(H,32,34). The van der Waals surface area contributed by atoms with Crippen LogP contribution in [0.3, 0.4) is 0 Å².